The Morgan fingerprint density at radius 3 is 2.41 bits per heavy atom. The normalized spacial score (nSPS) is 10.7. The number of rotatable bonds is 6. The number of aromatic nitrogens is 1. The zero-order chi connectivity index (χ0) is 31.5. The number of phenolic OH excluding ortho intramolecular Hbond substituents is 1. The lowest BCUT2D eigenvalue weighted by Crippen LogP contribution is -2.06. The van der Waals surface area contributed by atoms with Gasteiger partial charge in [-0.1, -0.05) is 54.1 Å². The Hall–Kier alpha value is -5.63. The Morgan fingerprint density at radius 2 is 1.68 bits per heavy atom. The maximum Gasteiger partial charge on any atom is 0.373 e. The molecule has 1 aliphatic carbocycles. The highest BCUT2D eigenvalue weighted by atomic mass is 35.5. The van der Waals surface area contributed by atoms with Gasteiger partial charge in [-0.15, -0.1) is 0 Å². The van der Waals surface area contributed by atoms with E-state index in [0.717, 1.165) is 5.39 Å². The number of nitrogens with zero attached hydrogens (tertiary/aromatic N) is 1. The van der Waals surface area contributed by atoms with Crippen molar-refractivity contribution in [1.82, 2.24) is 4.98 Å². The van der Waals surface area contributed by atoms with Crippen LogP contribution in [-0.4, -0.2) is 27.8 Å². The molecule has 0 spiro atoms. The van der Waals surface area contributed by atoms with E-state index >= 15 is 0 Å². The summed E-state index contributed by atoms with van der Waals surface area (Å²) in [4.78, 5) is 57.9. The van der Waals surface area contributed by atoms with Gasteiger partial charge in [-0.2, -0.15) is 9.59 Å². The number of hydrogen-bond donors (Lipinski definition) is 2. The number of carbonyl (C=O) groups is 2. The highest BCUT2D eigenvalue weighted by Gasteiger charge is 2.24. The Labute approximate surface area is 255 Å². The van der Waals surface area contributed by atoms with Crippen LogP contribution in [0, 0.1) is 0 Å². The van der Waals surface area contributed by atoms with Crippen molar-refractivity contribution in [2.45, 2.75) is 20.4 Å². The van der Waals surface area contributed by atoms with Crippen molar-refractivity contribution in [1.29, 1.82) is 0 Å². The quantitative estimate of drug-likeness (QED) is 0.153. The van der Waals surface area contributed by atoms with E-state index in [9.17, 15) is 19.5 Å². The van der Waals surface area contributed by atoms with Crippen LogP contribution in [0.5, 0.6) is 5.75 Å². The van der Waals surface area contributed by atoms with Crippen molar-refractivity contribution >= 4 is 56.9 Å². The van der Waals surface area contributed by atoms with Crippen LogP contribution in [0.1, 0.15) is 40.3 Å². The molecule has 6 rings (SSSR count). The van der Waals surface area contributed by atoms with E-state index < -0.39 is 5.43 Å². The lowest BCUT2D eigenvalue weighted by molar-refractivity contribution is -0.191. The van der Waals surface area contributed by atoms with Gasteiger partial charge in [-0.3, -0.25) is 14.4 Å². The number of fused-ring (bicyclic) bond motifs is 3. The van der Waals surface area contributed by atoms with Gasteiger partial charge in [0.15, 0.2) is 11.6 Å². The monoisotopic (exact) mass is 606 g/mol. The zero-order valence-corrected chi connectivity index (χ0v) is 24.2. The smallest absolute Gasteiger partial charge is 0.373 e. The minimum absolute atomic E-state index is 0.0205. The molecule has 2 N–H and O–H groups in total. The third kappa shape index (κ3) is 5.57. The molecule has 1 aliphatic heterocycles. The van der Waals surface area contributed by atoms with Crippen LogP contribution in [0.3, 0.4) is 0 Å². The fourth-order valence-corrected chi connectivity index (χ4v) is 5.30. The van der Waals surface area contributed by atoms with Crippen LogP contribution in [0.25, 0.3) is 44.3 Å². The number of anilines is 1. The van der Waals surface area contributed by atoms with E-state index in [1.54, 1.807) is 36.4 Å². The minimum Gasteiger partial charge on any atom is -0.507 e. The summed E-state index contributed by atoms with van der Waals surface area (Å²) in [7, 11) is 0. The van der Waals surface area contributed by atoms with Gasteiger partial charge in [0, 0.05) is 47.0 Å². The number of phenols is 1. The number of aromatic hydroxyl groups is 1. The van der Waals surface area contributed by atoms with Crippen molar-refractivity contribution in [3.8, 4) is 28.2 Å². The summed E-state index contributed by atoms with van der Waals surface area (Å²) in [6.07, 6.45) is 0.250. The van der Waals surface area contributed by atoms with Crippen LogP contribution >= 0.6 is 11.6 Å². The van der Waals surface area contributed by atoms with Gasteiger partial charge in [-0.25, -0.2) is 4.98 Å². The summed E-state index contributed by atoms with van der Waals surface area (Å²) >= 11 is 6.25. The number of nitrogens with one attached hydrogen (secondary N) is 1. The Morgan fingerprint density at radius 1 is 0.932 bits per heavy atom. The molecule has 0 atom stereocenters. The first-order valence-corrected chi connectivity index (χ1v) is 13.7. The van der Waals surface area contributed by atoms with Crippen molar-refractivity contribution in [2.75, 3.05) is 5.32 Å². The molecule has 4 aromatic rings. The van der Waals surface area contributed by atoms with Crippen molar-refractivity contribution in [2.24, 2.45) is 0 Å². The van der Waals surface area contributed by atoms with Gasteiger partial charge in [0.2, 0.25) is 5.43 Å². The third-order valence-electron chi connectivity index (χ3n) is 7.13. The van der Waals surface area contributed by atoms with Gasteiger partial charge in [-0.05, 0) is 42.8 Å². The first-order valence-electron chi connectivity index (χ1n) is 13.3. The number of halogens is 1. The summed E-state index contributed by atoms with van der Waals surface area (Å²) in [5, 5.41) is 15.8. The minimum atomic E-state index is -0.406. The molecule has 0 unspecified atom stereocenters. The molecule has 2 aliphatic rings. The van der Waals surface area contributed by atoms with E-state index in [2.05, 4.69) is 10.3 Å². The van der Waals surface area contributed by atoms with Crippen LogP contribution in [0.4, 0.5) is 5.69 Å². The fraction of sp³-hybridized carbons (Fsp3) is 0.0882. The molecule has 0 fully saturated rings. The average Bonchev–Trinajstić information content (AvgIpc) is 3.00. The van der Waals surface area contributed by atoms with E-state index in [-0.39, 0.29) is 40.8 Å². The highest BCUT2D eigenvalue weighted by molar-refractivity contribution is 6.31. The first kappa shape index (κ1) is 29.8. The van der Waals surface area contributed by atoms with E-state index in [1.807, 2.05) is 36.4 Å². The molecule has 44 heavy (non-hydrogen) atoms. The maximum absolute atomic E-state index is 12.6. The summed E-state index contributed by atoms with van der Waals surface area (Å²) < 4.78 is 6.28. The van der Waals surface area contributed by atoms with Crippen LogP contribution in [0.15, 0.2) is 88.1 Å². The van der Waals surface area contributed by atoms with Crippen molar-refractivity contribution < 1.29 is 28.7 Å². The largest absolute Gasteiger partial charge is 0.507 e. The SMILES string of the molecule is CC(=O)c1ccc2cccc(NCc3c(O)ccc4c(-c5ccccc5C(C)=O)c5cc(Cl)c(=O)cc-5oc34)c2n1.O=C=O. The fourth-order valence-electron chi connectivity index (χ4n) is 5.14. The van der Waals surface area contributed by atoms with Crippen molar-refractivity contribution in [3.05, 3.63) is 111 Å². The van der Waals surface area contributed by atoms with Gasteiger partial charge in [0.1, 0.15) is 22.8 Å². The maximum atomic E-state index is 12.6. The van der Waals surface area contributed by atoms with E-state index in [4.69, 9.17) is 25.6 Å². The summed E-state index contributed by atoms with van der Waals surface area (Å²) in [6, 6.07) is 22.5. The molecule has 2 heterocycles. The van der Waals surface area contributed by atoms with E-state index in [0.29, 0.717) is 55.7 Å². The Bertz CT molecular complexity index is 2160. The molecular weight excluding hydrogens is 584 g/mol. The second kappa shape index (κ2) is 12.3. The second-order valence-electron chi connectivity index (χ2n) is 9.86. The highest BCUT2D eigenvalue weighted by Crippen LogP contribution is 2.44. The molecule has 0 amide bonds. The number of carbonyl (C=O) groups excluding carboxylic acids is 4. The number of para-hydroxylation sites is 1. The second-order valence-corrected chi connectivity index (χ2v) is 10.3. The molecule has 9 nitrogen and oxygen atoms in total. The lowest BCUT2D eigenvalue weighted by atomic mass is 9.89. The molecule has 0 saturated heterocycles. The van der Waals surface area contributed by atoms with Gasteiger partial charge in [0.05, 0.1) is 21.8 Å². The Kier molecular flexibility index (Phi) is 8.35. The average molecular weight is 607 g/mol. The summed E-state index contributed by atoms with van der Waals surface area (Å²) in [5.41, 5.74) is 4.38. The van der Waals surface area contributed by atoms with Crippen LogP contribution in [-0.2, 0) is 16.1 Å². The molecular formula is C34H23ClN2O7. The lowest BCUT2D eigenvalue weighted by Gasteiger charge is -2.19. The predicted octanol–water partition coefficient (Wildman–Crippen LogP) is 6.91. The number of ketones is 2. The molecule has 0 bridgehead atoms. The predicted molar refractivity (Wildman–Crippen MR) is 165 cm³/mol. The topological polar surface area (TPSA) is 144 Å². The number of pyridine rings is 1. The number of hydrogen-bond acceptors (Lipinski definition) is 9. The summed E-state index contributed by atoms with van der Waals surface area (Å²) in [5.74, 6) is -0.0172. The van der Waals surface area contributed by atoms with Crippen molar-refractivity contribution in [3.63, 3.8) is 0 Å². The van der Waals surface area contributed by atoms with E-state index in [1.165, 1.54) is 19.9 Å². The first-order chi connectivity index (χ1) is 21.1. The molecule has 0 saturated carbocycles. The van der Waals surface area contributed by atoms with Crippen LogP contribution in [0.2, 0.25) is 5.02 Å². The molecule has 0 radical (unpaired) electrons. The zero-order valence-electron chi connectivity index (χ0n) is 23.4. The molecule has 10 heteroatoms. The van der Waals surface area contributed by atoms with Gasteiger partial charge >= 0.3 is 6.15 Å². The third-order valence-corrected chi connectivity index (χ3v) is 7.43. The molecule has 3 aromatic carbocycles. The standard InChI is InChI=1S/C33H23ClN2O5.CO2/c1-17(37)20-7-3-4-8-21(20)31-22-11-13-28(39)24(33(22)41-30-15-29(40)25(34)14-23(30)31)16-35-27-9-5-6-19-10-12-26(18(2)38)36-32(19)27;2-1-3/h3-15,35,39H,16H2,1-2H3;. The Balaban J connectivity index is 0.00000123. The number of Topliss-reactive ketones (excluding diaryl/α,β-unsaturated/α-hetero) is 2. The molecule has 1 aromatic heterocycles. The summed E-state index contributed by atoms with van der Waals surface area (Å²) in [6.45, 7) is 3.09. The number of benzene rings is 4. The van der Waals surface area contributed by atoms with Gasteiger partial charge < -0.3 is 14.8 Å². The molecule has 218 valence electrons. The van der Waals surface area contributed by atoms with Gasteiger partial charge in [0.25, 0.3) is 0 Å². The van der Waals surface area contributed by atoms with Crippen LogP contribution < -0.4 is 10.7 Å².